The molecular formula is C12H15N3. The van der Waals surface area contributed by atoms with Crippen molar-refractivity contribution in [2.45, 2.75) is 19.9 Å². The molecule has 0 aliphatic carbocycles. The standard InChI is InChI=1S/C12H15N3/c1-2-10-5-6-12(14-9-10)15-7-3-4-11(15)8-13/h3-7,9H,2,8,13H2,1H3. The third kappa shape index (κ3) is 1.92. The van der Waals surface area contributed by atoms with Crippen molar-refractivity contribution in [3.63, 3.8) is 0 Å². The zero-order chi connectivity index (χ0) is 10.7. The summed E-state index contributed by atoms with van der Waals surface area (Å²) in [5, 5.41) is 0. The molecular weight excluding hydrogens is 186 g/mol. The molecule has 0 aliphatic heterocycles. The molecule has 2 rings (SSSR count). The van der Waals surface area contributed by atoms with Crippen LogP contribution in [-0.4, -0.2) is 9.55 Å². The molecule has 0 atom stereocenters. The Morgan fingerprint density at radius 2 is 2.20 bits per heavy atom. The Hall–Kier alpha value is -1.61. The van der Waals surface area contributed by atoms with Gasteiger partial charge in [-0.05, 0) is 30.2 Å². The number of pyridine rings is 1. The topological polar surface area (TPSA) is 43.8 Å². The maximum Gasteiger partial charge on any atom is 0.136 e. The maximum atomic E-state index is 5.64. The van der Waals surface area contributed by atoms with Crippen LogP contribution in [0.4, 0.5) is 0 Å². The molecule has 0 spiro atoms. The Morgan fingerprint density at radius 1 is 1.33 bits per heavy atom. The average molecular weight is 201 g/mol. The number of nitrogens with two attached hydrogens (primary N) is 1. The number of hydrogen-bond acceptors (Lipinski definition) is 2. The smallest absolute Gasteiger partial charge is 0.136 e. The van der Waals surface area contributed by atoms with Gasteiger partial charge in [0.1, 0.15) is 5.82 Å². The van der Waals surface area contributed by atoms with Gasteiger partial charge in [-0.1, -0.05) is 13.0 Å². The van der Waals surface area contributed by atoms with Crippen molar-refractivity contribution in [1.29, 1.82) is 0 Å². The summed E-state index contributed by atoms with van der Waals surface area (Å²) in [4.78, 5) is 4.41. The van der Waals surface area contributed by atoms with Gasteiger partial charge in [-0.25, -0.2) is 4.98 Å². The van der Waals surface area contributed by atoms with Gasteiger partial charge < -0.3 is 10.3 Å². The van der Waals surface area contributed by atoms with E-state index in [4.69, 9.17) is 5.73 Å². The Kier molecular flexibility index (Phi) is 2.83. The molecule has 0 radical (unpaired) electrons. The molecule has 2 heterocycles. The summed E-state index contributed by atoms with van der Waals surface area (Å²) >= 11 is 0. The van der Waals surface area contributed by atoms with E-state index in [0.29, 0.717) is 6.54 Å². The highest BCUT2D eigenvalue weighted by Crippen LogP contribution is 2.10. The molecule has 0 aliphatic rings. The lowest BCUT2D eigenvalue weighted by Crippen LogP contribution is -2.05. The van der Waals surface area contributed by atoms with Crippen LogP contribution in [0.1, 0.15) is 18.2 Å². The molecule has 3 heteroatoms. The van der Waals surface area contributed by atoms with Crippen molar-refractivity contribution in [3.8, 4) is 5.82 Å². The van der Waals surface area contributed by atoms with Crippen molar-refractivity contribution in [2.75, 3.05) is 0 Å². The highest BCUT2D eigenvalue weighted by molar-refractivity contribution is 5.29. The van der Waals surface area contributed by atoms with Crippen molar-refractivity contribution in [3.05, 3.63) is 47.9 Å². The second kappa shape index (κ2) is 4.28. The molecule has 15 heavy (non-hydrogen) atoms. The lowest BCUT2D eigenvalue weighted by molar-refractivity contribution is 0.882. The van der Waals surface area contributed by atoms with E-state index >= 15 is 0 Å². The van der Waals surface area contributed by atoms with Gasteiger partial charge in [0.15, 0.2) is 0 Å². The van der Waals surface area contributed by atoms with E-state index in [1.165, 1.54) is 5.56 Å². The van der Waals surface area contributed by atoms with Crippen molar-refractivity contribution >= 4 is 0 Å². The van der Waals surface area contributed by atoms with Crippen LogP contribution in [0.15, 0.2) is 36.7 Å². The lowest BCUT2D eigenvalue weighted by Gasteiger charge is -2.06. The minimum absolute atomic E-state index is 0.532. The van der Waals surface area contributed by atoms with E-state index in [1.807, 2.05) is 35.2 Å². The van der Waals surface area contributed by atoms with Gasteiger partial charge in [0.2, 0.25) is 0 Å². The average Bonchev–Trinajstić information content (AvgIpc) is 2.77. The second-order valence-corrected chi connectivity index (χ2v) is 3.45. The summed E-state index contributed by atoms with van der Waals surface area (Å²) in [6, 6.07) is 8.12. The molecule has 0 aromatic carbocycles. The summed E-state index contributed by atoms with van der Waals surface area (Å²) in [6.45, 7) is 2.65. The molecule has 0 saturated heterocycles. The monoisotopic (exact) mass is 201 g/mol. The van der Waals surface area contributed by atoms with Gasteiger partial charge in [0, 0.05) is 24.6 Å². The highest BCUT2D eigenvalue weighted by atomic mass is 15.1. The Balaban J connectivity index is 2.37. The Morgan fingerprint density at radius 3 is 2.80 bits per heavy atom. The van der Waals surface area contributed by atoms with E-state index in [9.17, 15) is 0 Å². The minimum Gasteiger partial charge on any atom is -0.325 e. The molecule has 2 N–H and O–H groups in total. The van der Waals surface area contributed by atoms with Crippen molar-refractivity contribution < 1.29 is 0 Å². The van der Waals surface area contributed by atoms with Crippen LogP contribution in [0.25, 0.3) is 5.82 Å². The zero-order valence-corrected chi connectivity index (χ0v) is 8.85. The first-order valence-corrected chi connectivity index (χ1v) is 5.16. The van der Waals surface area contributed by atoms with E-state index in [0.717, 1.165) is 17.9 Å². The quantitative estimate of drug-likeness (QED) is 0.824. The minimum atomic E-state index is 0.532. The molecule has 2 aromatic heterocycles. The zero-order valence-electron chi connectivity index (χ0n) is 8.85. The molecule has 0 unspecified atom stereocenters. The summed E-state index contributed by atoms with van der Waals surface area (Å²) < 4.78 is 2.01. The number of rotatable bonds is 3. The number of nitrogens with zero attached hydrogens (tertiary/aromatic N) is 2. The lowest BCUT2D eigenvalue weighted by atomic mass is 10.2. The largest absolute Gasteiger partial charge is 0.325 e. The molecule has 0 amide bonds. The van der Waals surface area contributed by atoms with Gasteiger partial charge in [-0.2, -0.15) is 0 Å². The maximum absolute atomic E-state index is 5.64. The van der Waals surface area contributed by atoms with Gasteiger partial charge in [0.05, 0.1) is 0 Å². The SMILES string of the molecule is CCc1ccc(-n2cccc2CN)nc1. The van der Waals surface area contributed by atoms with Gasteiger partial charge in [-0.15, -0.1) is 0 Å². The van der Waals surface area contributed by atoms with Crippen LogP contribution in [0.5, 0.6) is 0 Å². The van der Waals surface area contributed by atoms with E-state index in [-0.39, 0.29) is 0 Å². The van der Waals surface area contributed by atoms with Crippen LogP contribution in [0.2, 0.25) is 0 Å². The normalized spacial score (nSPS) is 10.5. The van der Waals surface area contributed by atoms with Crippen LogP contribution >= 0.6 is 0 Å². The van der Waals surface area contributed by atoms with Crippen molar-refractivity contribution in [1.82, 2.24) is 9.55 Å². The summed E-state index contributed by atoms with van der Waals surface area (Å²) in [5.74, 6) is 0.928. The van der Waals surface area contributed by atoms with E-state index in [1.54, 1.807) is 0 Å². The van der Waals surface area contributed by atoms with Crippen LogP contribution in [0.3, 0.4) is 0 Å². The van der Waals surface area contributed by atoms with Gasteiger partial charge >= 0.3 is 0 Å². The third-order valence-electron chi connectivity index (χ3n) is 2.51. The summed E-state index contributed by atoms with van der Waals surface area (Å²) in [5.41, 5.74) is 7.97. The molecule has 78 valence electrons. The first-order valence-electron chi connectivity index (χ1n) is 5.16. The predicted octanol–water partition coefficient (Wildman–Crippen LogP) is 1.89. The third-order valence-corrected chi connectivity index (χ3v) is 2.51. The highest BCUT2D eigenvalue weighted by Gasteiger charge is 2.01. The molecule has 0 saturated carbocycles. The fraction of sp³-hybridized carbons (Fsp3) is 0.250. The predicted molar refractivity (Wildman–Crippen MR) is 60.8 cm³/mol. The summed E-state index contributed by atoms with van der Waals surface area (Å²) in [7, 11) is 0. The van der Waals surface area contributed by atoms with Crippen molar-refractivity contribution in [2.24, 2.45) is 5.73 Å². The van der Waals surface area contributed by atoms with E-state index in [2.05, 4.69) is 18.0 Å². The molecule has 3 nitrogen and oxygen atoms in total. The first-order chi connectivity index (χ1) is 7.35. The molecule has 0 fully saturated rings. The molecule has 2 aromatic rings. The van der Waals surface area contributed by atoms with Crippen LogP contribution in [0, 0.1) is 0 Å². The fourth-order valence-electron chi connectivity index (χ4n) is 1.57. The van der Waals surface area contributed by atoms with Gasteiger partial charge in [0.25, 0.3) is 0 Å². The van der Waals surface area contributed by atoms with Crippen LogP contribution in [-0.2, 0) is 13.0 Å². The number of aryl methyl sites for hydroxylation is 1. The Labute approximate surface area is 89.6 Å². The second-order valence-electron chi connectivity index (χ2n) is 3.45. The molecule has 0 bridgehead atoms. The van der Waals surface area contributed by atoms with Gasteiger partial charge in [-0.3, -0.25) is 0 Å². The van der Waals surface area contributed by atoms with E-state index < -0.39 is 0 Å². The summed E-state index contributed by atoms with van der Waals surface area (Å²) in [6.07, 6.45) is 4.91. The Bertz CT molecular complexity index is 428. The fourth-order valence-corrected chi connectivity index (χ4v) is 1.57. The van der Waals surface area contributed by atoms with Crippen LogP contribution < -0.4 is 5.73 Å². The number of aromatic nitrogens is 2. The first kappa shape index (κ1) is 9.93. The number of hydrogen-bond donors (Lipinski definition) is 1.